The fourth-order valence-corrected chi connectivity index (χ4v) is 3.29. The molecule has 132 valence electrons. The molecule has 0 radical (unpaired) electrons. The lowest BCUT2D eigenvalue weighted by Crippen LogP contribution is -2.49. The number of methoxy groups -OCH3 is 1. The van der Waals surface area contributed by atoms with Gasteiger partial charge < -0.3 is 10.1 Å². The Balaban J connectivity index is 0.000000196. The first-order valence-electron chi connectivity index (χ1n) is 7.78. The lowest BCUT2D eigenvalue weighted by Gasteiger charge is -2.19. The van der Waals surface area contributed by atoms with Gasteiger partial charge in [-0.3, -0.25) is 19.7 Å². The fraction of sp³-hybridized carbons (Fsp3) is 0.278. The summed E-state index contributed by atoms with van der Waals surface area (Å²) in [5, 5.41) is 5.72. The number of rotatable bonds is 4. The summed E-state index contributed by atoms with van der Waals surface area (Å²) in [4.78, 5) is 33.2. The van der Waals surface area contributed by atoms with Crippen LogP contribution in [0.2, 0.25) is 0 Å². The maximum atomic E-state index is 10.8. The summed E-state index contributed by atoms with van der Waals surface area (Å²) in [6.45, 7) is 0. The zero-order chi connectivity index (χ0) is 18.2. The summed E-state index contributed by atoms with van der Waals surface area (Å²) >= 11 is 1.48. The van der Waals surface area contributed by atoms with E-state index in [9.17, 15) is 14.4 Å². The molecule has 0 aliphatic carbocycles. The van der Waals surface area contributed by atoms with Crippen LogP contribution in [0.15, 0.2) is 36.4 Å². The van der Waals surface area contributed by atoms with Crippen molar-refractivity contribution >= 4 is 29.4 Å². The van der Waals surface area contributed by atoms with Gasteiger partial charge in [0.1, 0.15) is 0 Å². The van der Waals surface area contributed by atoms with Crippen molar-refractivity contribution in [1.82, 2.24) is 10.6 Å². The van der Waals surface area contributed by atoms with Crippen molar-refractivity contribution in [3.05, 3.63) is 42.0 Å². The number of carbonyl (C=O) groups excluding carboxylic acids is 3. The molecule has 0 saturated carbocycles. The number of piperidine rings is 1. The molecule has 0 bridgehead atoms. The van der Waals surface area contributed by atoms with Gasteiger partial charge in [-0.1, -0.05) is 41.7 Å². The number of likely N-dealkylation sites (N-methyl/N-ethyl adjacent to an activating group) is 1. The standard InChI is InChI=1S/C12H10O2S.C6H10N2O2/c1-14-12-10(8-13)7-11(15-12)9-5-3-2-4-6-9;1-7-4-2-3-5(9)8-6(4)10/h2-8H,1H3;4,7H,2-3H2,1H3,(H,8,9,10). The summed E-state index contributed by atoms with van der Waals surface area (Å²) < 4.78 is 5.13. The Morgan fingerprint density at radius 3 is 2.52 bits per heavy atom. The monoisotopic (exact) mass is 360 g/mol. The summed E-state index contributed by atoms with van der Waals surface area (Å²) in [7, 11) is 3.29. The highest BCUT2D eigenvalue weighted by Gasteiger charge is 2.24. The van der Waals surface area contributed by atoms with Crippen LogP contribution >= 0.6 is 11.3 Å². The van der Waals surface area contributed by atoms with Crippen molar-refractivity contribution in [2.45, 2.75) is 18.9 Å². The molecule has 1 aliphatic rings. The maximum Gasteiger partial charge on any atom is 0.243 e. The summed E-state index contributed by atoms with van der Waals surface area (Å²) in [5.41, 5.74) is 1.72. The van der Waals surface area contributed by atoms with Crippen LogP contribution in [0.1, 0.15) is 23.2 Å². The number of ether oxygens (including phenoxy) is 1. The average Bonchev–Trinajstić information content (AvgIpc) is 3.06. The van der Waals surface area contributed by atoms with E-state index in [0.29, 0.717) is 23.5 Å². The van der Waals surface area contributed by atoms with Gasteiger partial charge in [-0.05, 0) is 25.1 Å². The topological polar surface area (TPSA) is 84.5 Å². The zero-order valence-corrected chi connectivity index (χ0v) is 14.9. The smallest absolute Gasteiger partial charge is 0.243 e. The van der Waals surface area contributed by atoms with E-state index in [0.717, 1.165) is 16.7 Å². The van der Waals surface area contributed by atoms with Gasteiger partial charge in [-0.15, -0.1) is 0 Å². The molecule has 0 spiro atoms. The van der Waals surface area contributed by atoms with Crippen molar-refractivity contribution in [3.8, 4) is 15.5 Å². The molecule has 2 amide bonds. The summed E-state index contributed by atoms with van der Waals surface area (Å²) in [6, 6.07) is 11.6. The molecule has 6 nitrogen and oxygen atoms in total. The lowest BCUT2D eigenvalue weighted by molar-refractivity contribution is -0.134. The average molecular weight is 360 g/mol. The second-order valence-electron chi connectivity index (χ2n) is 5.33. The predicted molar refractivity (Wildman–Crippen MR) is 96.9 cm³/mol. The quantitative estimate of drug-likeness (QED) is 0.645. The van der Waals surface area contributed by atoms with E-state index in [1.165, 1.54) is 11.3 Å². The first-order valence-corrected chi connectivity index (χ1v) is 8.60. The van der Waals surface area contributed by atoms with Crippen LogP contribution in [-0.2, 0) is 9.59 Å². The SMILES string of the molecule is CNC1CCC(=O)NC1=O.COc1sc(-c2ccccc2)cc1C=O. The largest absolute Gasteiger partial charge is 0.487 e. The van der Waals surface area contributed by atoms with Crippen molar-refractivity contribution in [2.75, 3.05) is 14.2 Å². The number of carbonyl (C=O) groups is 3. The lowest BCUT2D eigenvalue weighted by atomic mass is 10.1. The first kappa shape index (κ1) is 18.8. The van der Waals surface area contributed by atoms with Gasteiger partial charge in [-0.2, -0.15) is 0 Å². The highest BCUT2D eigenvalue weighted by molar-refractivity contribution is 7.17. The van der Waals surface area contributed by atoms with Crippen LogP contribution in [-0.4, -0.2) is 38.3 Å². The Labute approximate surface area is 150 Å². The molecule has 1 aromatic heterocycles. The number of amides is 2. The second-order valence-corrected chi connectivity index (χ2v) is 6.35. The number of nitrogens with one attached hydrogen (secondary N) is 2. The molecule has 1 fully saturated rings. The highest BCUT2D eigenvalue weighted by atomic mass is 32.1. The Hall–Kier alpha value is -2.51. The maximum absolute atomic E-state index is 10.8. The minimum atomic E-state index is -0.209. The van der Waals surface area contributed by atoms with Crippen LogP contribution in [0.5, 0.6) is 5.06 Å². The first-order chi connectivity index (χ1) is 12.1. The second kappa shape index (κ2) is 9.10. The molecule has 1 aliphatic heterocycles. The van der Waals surface area contributed by atoms with E-state index < -0.39 is 0 Å². The van der Waals surface area contributed by atoms with E-state index >= 15 is 0 Å². The Morgan fingerprint density at radius 2 is 2.00 bits per heavy atom. The predicted octanol–water partition coefficient (Wildman–Crippen LogP) is 2.25. The van der Waals surface area contributed by atoms with Gasteiger partial charge in [-0.25, -0.2) is 0 Å². The van der Waals surface area contributed by atoms with E-state index in [4.69, 9.17) is 4.74 Å². The van der Waals surface area contributed by atoms with Gasteiger partial charge in [0.2, 0.25) is 11.8 Å². The van der Waals surface area contributed by atoms with Gasteiger partial charge in [0, 0.05) is 11.3 Å². The van der Waals surface area contributed by atoms with Crippen molar-refractivity contribution < 1.29 is 19.1 Å². The van der Waals surface area contributed by atoms with Gasteiger partial charge in [0.15, 0.2) is 11.3 Å². The van der Waals surface area contributed by atoms with Gasteiger partial charge >= 0.3 is 0 Å². The number of hydrogen-bond donors (Lipinski definition) is 2. The molecular formula is C18H20N2O4S. The molecule has 7 heteroatoms. The van der Waals surface area contributed by atoms with E-state index in [-0.39, 0.29) is 17.9 Å². The number of thiophene rings is 1. The zero-order valence-electron chi connectivity index (χ0n) is 14.1. The third-order valence-corrected chi connectivity index (χ3v) is 4.84. The third-order valence-electron chi connectivity index (χ3n) is 3.68. The Kier molecular flexibility index (Phi) is 6.85. The fourth-order valence-electron chi connectivity index (χ4n) is 2.34. The molecule has 2 N–H and O–H groups in total. The van der Waals surface area contributed by atoms with Crippen LogP contribution in [0, 0.1) is 0 Å². The summed E-state index contributed by atoms with van der Waals surface area (Å²) in [5.74, 6) is -0.379. The number of benzene rings is 1. The van der Waals surface area contributed by atoms with Crippen LogP contribution in [0.4, 0.5) is 0 Å². The molecule has 1 atom stereocenters. The van der Waals surface area contributed by atoms with Gasteiger partial charge in [0.05, 0.1) is 18.7 Å². The minimum absolute atomic E-state index is 0.170. The van der Waals surface area contributed by atoms with Crippen molar-refractivity contribution in [1.29, 1.82) is 0 Å². The minimum Gasteiger partial charge on any atom is -0.487 e. The Bertz CT molecular complexity index is 743. The molecule has 2 heterocycles. The molecule has 25 heavy (non-hydrogen) atoms. The normalized spacial score (nSPS) is 16.5. The van der Waals surface area contributed by atoms with Crippen molar-refractivity contribution in [2.24, 2.45) is 0 Å². The molecule has 1 unspecified atom stereocenters. The van der Waals surface area contributed by atoms with Crippen LogP contribution in [0.25, 0.3) is 10.4 Å². The Morgan fingerprint density at radius 1 is 1.28 bits per heavy atom. The highest BCUT2D eigenvalue weighted by Crippen LogP contribution is 2.35. The number of hydrogen-bond acceptors (Lipinski definition) is 6. The van der Waals surface area contributed by atoms with Gasteiger partial charge in [0.25, 0.3) is 0 Å². The van der Waals surface area contributed by atoms with E-state index in [1.807, 2.05) is 36.4 Å². The van der Waals surface area contributed by atoms with E-state index in [1.54, 1.807) is 14.2 Å². The third kappa shape index (κ3) is 4.98. The van der Waals surface area contributed by atoms with E-state index in [2.05, 4.69) is 10.6 Å². The summed E-state index contributed by atoms with van der Waals surface area (Å²) in [6.07, 6.45) is 1.88. The van der Waals surface area contributed by atoms with Crippen LogP contribution < -0.4 is 15.4 Å². The number of imide groups is 1. The molecule has 1 saturated heterocycles. The molecule has 1 aromatic carbocycles. The molecular weight excluding hydrogens is 340 g/mol. The molecule has 3 rings (SSSR count). The number of aldehydes is 1. The van der Waals surface area contributed by atoms with Crippen molar-refractivity contribution in [3.63, 3.8) is 0 Å². The van der Waals surface area contributed by atoms with Crippen LogP contribution in [0.3, 0.4) is 0 Å². The molecule has 2 aromatic rings.